The van der Waals surface area contributed by atoms with E-state index in [9.17, 15) is 9.59 Å². The lowest BCUT2D eigenvalue weighted by Gasteiger charge is -2.01. The van der Waals surface area contributed by atoms with Crippen LogP contribution in [0.3, 0.4) is 0 Å². The minimum Gasteiger partial charge on any atom is -0.289 e. The predicted molar refractivity (Wildman–Crippen MR) is 136 cm³/mol. The van der Waals surface area contributed by atoms with E-state index in [1.54, 1.807) is 28.7 Å². The molecular weight excluding hydrogens is 444 g/mol. The van der Waals surface area contributed by atoms with Crippen molar-refractivity contribution in [3.63, 3.8) is 0 Å². The Balaban J connectivity index is 0.000000132. The van der Waals surface area contributed by atoms with Crippen LogP contribution in [0.4, 0.5) is 0 Å². The number of halogens is 1. The Morgan fingerprint density at radius 3 is 1.45 bits per heavy atom. The van der Waals surface area contributed by atoms with E-state index in [4.69, 9.17) is 11.6 Å². The number of hydrogen-bond acceptors (Lipinski definition) is 4. The fraction of sp³-hybridized carbons (Fsp3) is 0. The monoisotopic (exact) mass is 458 g/mol. The maximum atomic E-state index is 12.2. The normalized spacial score (nSPS) is 11.0. The van der Waals surface area contributed by atoms with Gasteiger partial charge in [-0.1, -0.05) is 54.1 Å². The second kappa shape index (κ2) is 8.23. The molecule has 6 rings (SSSR count). The van der Waals surface area contributed by atoms with Gasteiger partial charge in [-0.3, -0.25) is 9.59 Å². The fourth-order valence-electron chi connectivity index (χ4n) is 3.56. The molecule has 0 spiro atoms. The summed E-state index contributed by atoms with van der Waals surface area (Å²) in [6.07, 6.45) is 0. The zero-order chi connectivity index (χ0) is 21.4. The summed E-state index contributed by atoms with van der Waals surface area (Å²) in [6.45, 7) is 0. The van der Waals surface area contributed by atoms with Crippen LogP contribution in [0.25, 0.3) is 40.3 Å². The first-order valence-corrected chi connectivity index (χ1v) is 11.7. The van der Waals surface area contributed by atoms with Crippen molar-refractivity contribution in [2.45, 2.75) is 0 Å². The highest BCUT2D eigenvalue weighted by Crippen LogP contribution is 2.28. The van der Waals surface area contributed by atoms with E-state index in [1.807, 2.05) is 84.9 Å². The first kappa shape index (κ1) is 19.9. The fourth-order valence-corrected chi connectivity index (χ4v) is 6.05. The molecule has 0 atom stereocenters. The SMILES string of the molecule is O=c1c2ccccc2sc2cccc(Cl)c12.O=c1c2ccccc2sc2ccccc12. The van der Waals surface area contributed by atoms with Gasteiger partial charge in [0.05, 0.1) is 10.4 Å². The van der Waals surface area contributed by atoms with E-state index < -0.39 is 0 Å². The number of rotatable bonds is 0. The van der Waals surface area contributed by atoms with Crippen molar-refractivity contribution in [1.29, 1.82) is 0 Å². The van der Waals surface area contributed by atoms with Crippen LogP contribution in [0.5, 0.6) is 0 Å². The van der Waals surface area contributed by atoms with Gasteiger partial charge in [0.2, 0.25) is 0 Å². The highest BCUT2D eigenvalue weighted by molar-refractivity contribution is 7.25. The van der Waals surface area contributed by atoms with Crippen molar-refractivity contribution in [1.82, 2.24) is 0 Å². The van der Waals surface area contributed by atoms with Gasteiger partial charge in [0.15, 0.2) is 10.9 Å². The molecule has 5 heteroatoms. The van der Waals surface area contributed by atoms with Crippen LogP contribution < -0.4 is 10.9 Å². The largest absolute Gasteiger partial charge is 0.289 e. The molecule has 0 radical (unpaired) electrons. The lowest BCUT2D eigenvalue weighted by Crippen LogP contribution is -2.01. The van der Waals surface area contributed by atoms with Crippen molar-refractivity contribution in [2.75, 3.05) is 0 Å². The highest BCUT2D eigenvalue weighted by Gasteiger charge is 2.08. The summed E-state index contributed by atoms with van der Waals surface area (Å²) < 4.78 is 4.06. The summed E-state index contributed by atoms with van der Waals surface area (Å²) in [4.78, 5) is 24.3. The average Bonchev–Trinajstić information content (AvgIpc) is 2.80. The van der Waals surface area contributed by atoms with Crippen molar-refractivity contribution in [3.05, 3.63) is 116 Å². The van der Waals surface area contributed by atoms with Gasteiger partial charge in [0, 0.05) is 35.0 Å². The third kappa shape index (κ3) is 3.63. The number of fused-ring (bicyclic) bond motifs is 4. The van der Waals surface area contributed by atoms with Crippen LogP contribution in [-0.4, -0.2) is 0 Å². The Labute approximate surface area is 190 Å². The van der Waals surface area contributed by atoms with Crippen molar-refractivity contribution in [2.24, 2.45) is 0 Å². The molecule has 0 saturated carbocycles. The maximum absolute atomic E-state index is 12.2. The Morgan fingerprint density at radius 1 is 0.484 bits per heavy atom. The molecule has 2 nitrogen and oxygen atoms in total. The molecule has 2 aromatic heterocycles. The van der Waals surface area contributed by atoms with Crippen LogP contribution in [0, 0.1) is 0 Å². The van der Waals surface area contributed by atoms with E-state index in [0.29, 0.717) is 10.4 Å². The van der Waals surface area contributed by atoms with E-state index in [2.05, 4.69) is 0 Å². The van der Waals surface area contributed by atoms with Gasteiger partial charge >= 0.3 is 0 Å². The minimum absolute atomic E-state index is 0.0231. The summed E-state index contributed by atoms with van der Waals surface area (Å²) in [7, 11) is 0. The molecule has 0 aliphatic heterocycles. The van der Waals surface area contributed by atoms with E-state index in [-0.39, 0.29) is 10.9 Å². The molecule has 0 bridgehead atoms. The Bertz CT molecular complexity index is 1640. The van der Waals surface area contributed by atoms with Crippen LogP contribution in [-0.2, 0) is 0 Å². The smallest absolute Gasteiger partial charge is 0.197 e. The molecule has 4 aromatic carbocycles. The third-order valence-electron chi connectivity index (χ3n) is 5.04. The van der Waals surface area contributed by atoms with Crippen LogP contribution >= 0.6 is 34.3 Å². The molecular formula is C26H15ClO2S2. The molecule has 0 aliphatic rings. The van der Waals surface area contributed by atoms with Crippen LogP contribution in [0.15, 0.2) is 101 Å². The zero-order valence-corrected chi connectivity index (χ0v) is 18.6. The summed E-state index contributed by atoms with van der Waals surface area (Å²) in [6, 6.07) is 28.7. The van der Waals surface area contributed by atoms with Gasteiger partial charge < -0.3 is 0 Å². The Morgan fingerprint density at radius 2 is 0.903 bits per heavy atom. The van der Waals surface area contributed by atoms with E-state index in [1.165, 1.54) is 0 Å². The first-order valence-electron chi connectivity index (χ1n) is 9.64. The second-order valence-electron chi connectivity index (χ2n) is 6.96. The van der Waals surface area contributed by atoms with Gasteiger partial charge in [0.1, 0.15) is 0 Å². The molecule has 0 N–H and O–H groups in total. The molecule has 2 heterocycles. The average molecular weight is 459 g/mol. The molecule has 150 valence electrons. The lowest BCUT2D eigenvalue weighted by molar-refractivity contribution is 1.74. The Kier molecular flexibility index (Phi) is 5.28. The van der Waals surface area contributed by atoms with Gasteiger partial charge in [0.25, 0.3) is 0 Å². The lowest BCUT2D eigenvalue weighted by atomic mass is 10.2. The van der Waals surface area contributed by atoms with E-state index in [0.717, 1.165) is 35.0 Å². The van der Waals surface area contributed by atoms with Gasteiger partial charge in [-0.25, -0.2) is 0 Å². The minimum atomic E-state index is 0.0231. The predicted octanol–water partition coefficient (Wildman–Crippen LogP) is 7.48. The van der Waals surface area contributed by atoms with Crippen LogP contribution in [0.2, 0.25) is 5.02 Å². The van der Waals surface area contributed by atoms with Crippen LogP contribution in [0.1, 0.15) is 0 Å². The third-order valence-corrected chi connectivity index (χ3v) is 7.64. The molecule has 0 aliphatic carbocycles. The maximum Gasteiger partial charge on any atom is 0.197 e. The quantitative estimate of drug-likeness (QED) is 0.221. The van der Waals surface area contributed by atoms with Gasteiger partial charge in [-0.2, -0.15) is 0 Å². The topological polar surface area (TPSA) is 34.1 Å². The summed E-state index contributed by atoms with van der Waals surface area (Å²) in [5, 5.41) is 3.55. The number of hydrogen-bond donors (Lipinski definition) is 0. The van der Waals surface area contributed by atoms with Crippen molar-refractivity contribution >= 4 is 74.6 Å². The molecule has 0 fully saturated rings. The summed E-state index contributed by atoms with van der Waals surface area (Å²) in [5.41, 5.74) is 0.162. The summed E-state index contributed by atoms with van der Waals surface area (Å²) in [5.74, 6) is 0. The second-order valence-corrected chi connectivity index (χ2v) is 9.54. The molecule has 0 amide bonds. The molecule has 0 unspecified atom stereocenters. The highest BCUT2D eigenvalue weighted by atomic mass is 35.5. The van der Waals surface area contributed by atoms with Gasteiger partial charge in [-0.15, -0.1) is 22.7 Å². The molecule has 31 heavy (non-hydrogen) atoms. The standard InChI is InChI=1S/C13H7ClOS.C13H8OS/c14-9-5-3-7-11-12(9)13(15)8-4-1-2-6-10(8)16-11;14-13-9-5-1-3-7-11(9)15-12-8-4-2-6-10(12)13/h1-7H;1-8H. The Hall–Kier alpha value is -3.05. The molecule has 6 aromatic rings. The van der Waals surface area contributed by atoms with Crippen molar-refractivity contribution in [3.8, 4) is 0 Å². The molecule has 0 saturated heterocycles. The summed E-state index contributed by atoms with van der Waals surface area (Å²) >= 11 is 9.33. The van der Waals surface area contributed by atoms with E-state index >= 15 is 0 Å². The van der Waals surface area contributed by atoms with Gasteiger partial charge in [-0.05, 0) is 48.5 Å². The van der Waals surface area contributed by atoms with Crippen molar-refractivity contribution < 1.29 is 0 Å². The first-order chi connectivity index (χ1) is 15.1. The zero-order valence-electron chi connectivity index (χ0n) is 16.2. The number of benzene rings is 4.